The second-order valence-electron chi connectivity index (χ2n) is 2.87. The van der Waals surface area contributed by atoms with Crippen molar-refractivity contribution in [3.8, 4) is 0 Å². The van der Waals surface area contributed by atoms with Crippen LogP contribution in [-0.2, 0) is 6.42 Å². The molecule has 1 aliphatic heterocycles. The van der Waals surface area contributed by atoms with Gasteiger partial charge < -0.3 is 11.1 Å². The van der Waals surface area contributed by atoms with Crippen molar-refractivity contribution < 1.29 is 0 Å². The molecule has 0 atom stereocenters. The van der Waals surface area contributed by atoms with Crippen molar-refractivity contribution in [2.75, 3.05) is 18.8 Å². The van der Waals surface area contributed by atoms with Crippen molar-refractivity contribution >= 4 is 5.95 Å². The Morgan fingerprint density at radius 3 is 2.82 bits per heavy atom. The van der Waals surface area contributed by atoms with Gasteiger partial charge in [-0.25, -0.2) is 0 Å². The zero-order chi connectivity index (χ0) is 7.68. The van der Waals surface area contributed by atoms with E-state index in [9.17, 15) is 0 Å². The van der Waals surface area contributed by atoms with Gasteiger partial charge in [-0.2, -0.15) is 4.98 Å². The first kappa shape index (κ1) is 6.60. The van der Waals surface area contributed by atoms with Crippen LogP contribution in [0.25, 0.3) is 0 Å². The molecule has 11 heavy (non-hydrogen) atoms. The van der Waals surface area contributed by atoms with Gasteiger partial charge >= 0.3 is 0 Å². The predicted molar refractivity (Wildman–Crippen MR) is 40.9 cm³/mol. The molecule has 5 nitrogen and oxygen atoms in total. The Labute approximate surface area is 64.4 Å². The van der Waals surface area contributed by atoms with Crippen LogP contribution in [0.3, 0.4) is 0 Å². The Hall–Kier alpha value is -1.10. The van der Waals surface area contributed by atoms with Crippen LogP contribution in [-0.4, -0.2) is 28.3 Å². The third kappa shape index (κ3) is 1.32. The average Bonchev–Trinajstić information content (AvgIpc) is 2.27. The summed E-state index contributed by atoms with van der Waals surface area (Å²) in [4.78, 5) is 4.02. The summed E-state index contributed by atoms with van der Waals surface area (Å²) in [6.45, 7) is 2.17. The van der Waals surface area contributed by atoms with Crippen molar-refractivity contribution in [1.82, 2.24) is 20.5 Å². The van der Waals surface area contributed by atoms with Crippen LogP contribution in [0.1, 0.15) is 5.82 Å². The highest BCUT2D eigenvalue weighted by Gasteiger charge is 2.18. The smallest absolute Gasteiger partial charge is 0.239 e. The Morgan fingerprint density at radius 2 is 2.36 bits per heavy atom. The summed E-state index contributed by atoms with van der Waals surface area (Å²) in [7, 11) is 0. The molecule has 1 fully saturated rings. The number of anilines is 1. The maximum Gasteiger partial charge on any atom is 0.239 e. The van der Waals surface area contributed by atoms with E-state index in [0.717, 1.165) is 25.3 Å². The van der Waals surface area contributed by atoms with E-state index >= 15 is 0 Å². The third-order valence-corrected chi connectivity index (χ3v) is 1.90. The predicted octanol–water partition coefficient (Wildman–Crippen LogP) is -0.851. The first-order valence-corrected chi connectivity index (χ1v) is 3.72. The Bertz CT molecular complexity index is 239. The van der Waals surface area contributed by atoms with E-state index in [4.69, 9.17) is 5.73 Å². The number of hydrogen-bond donors (Lipinski definition) is 3. The van der Waals surface area contributed by atoms with Gasteiger partial charge in [0.2, 0.25) is 5.95 Å². The summed E-state index contributed by atoms with van der Waals surface area (Å²) in [6, 6.07) is 0. The summed E-state index contributed by atoms with van der Waals surface area (Å²) in [6.07, 6.45) is 0.956. The zero-order valence-corrected chi connectivity index (χ0v) is 6.17. The van der Waals surface area contributed by atoms with Crippen molar-refractivity contribution in [2.45, 2.75) is 6.42 Å². The molecule has 1 saturated heterocycles. The number of nitrogen functional groups attached to an aromatic ring is 1. The zero-order valence-electron chi connectivity index (χ0n) is 6.17. The first-order valence-electron chi connectivity index (χ1n) is 3.72. The summed E-state index contributed by atoms with van der Waals surface area (Å²) >= 11 is 0. The molecule has 1 aromatic rings. The maximum atomic E-state index is 5.34. The van der Waals surface area contributed by atoms with Gasteiger partial charge in [0, 0.05) is 6.42 Å². The van der Waals surface area contributed by atoms with E-state index in [1.54, 1.807) is 0 Å². The summed E-state index contributed by atoms with van der Waals surface area (Å²) in [5.74, 6) is 1.95. The number of nitrogens with two attached hydrogens (primary N) is 1. The number of H-pyrrole nitrogens is 1. The van der Waals surface area contributed by atoms with E-state index in [1.165, 1.54) is 0 Å². The molecule has 0 saturated carbocycles. The van der Waals surface area contributed by atoms with Crippen LogP contribution in [0, 0.1) is 5.92 Å². The number of aromatic nitrogens is 3. The van der Waals surface area contributed by atoms with Gasteiger partial charge in [0.25, 0.3) is 0 Å². The minimum atomic E-state index is 0.340. The quantitative estimate of drug-likeness (QED) is 0.517. The molecule has 5 heteroatoms. The fourth-order valence-electron chi connectivity index (χ4n) is 1.17. The largest absolute Gasteiger partial charge is 0.367 e. The second-order valence-corrected chi connectivity index (χ2v) is 2.87. The van der Waals surface area contributed by atoms with E-state index in [1.807, 2.05) is 0 Å². The Balaban J connectivity index is 1.95. The third-order valence-electron chi connectivity index (χ3n) is 1.90. The molecule has 4 N–H and O–H groups in total. The summed E-state index contributed by atoms with van der Waals surface area (Å²) < 4.78 is 0. The van der Waals surface area contributed by atoms with Gasteiger partial charge in [-0.15, -0.1) is 5.10 Å². The molecule has 0 aromatic carbocycles. The number of hydrogen-bond acceptors (Lipinski definition) is 4. The average molecular weight is 153 g/mol. The normalized spacial score (nSPS) is 18.2. The van der Waals surface area contributed by atoms with Crippen molar-refractivity contribution in [3.05, 3.63) is 5.82 Å². The van der Waals surface area contributed by atoms with Crippen LogP contribution >= 0.6 is 0 Å². The molecule has 0 amide bonds. The minimum absolute atomic E-state index is 0.340. The molecule has 0 unspecified atom stereocenters. The lowest BCUT2D eigenvalue weighted by Crippen LogP contribution is -2.43. The van der Waals surface area contributed by atoms with Gasteiger partial charge in [0.1, 0.15) is 5.82 Å². The van der Waals surface area contributed by atoms with E-state index < -0.39 is 0 Å². The van der Waals surface area contributed by atoms with E-state index in [0.29, 0.717) is 11.9 Å². The number of nitrogens with one attached hydrogen (secondary N) is 2. The number of nitrogens with zero attached hydrogens (tertiary/aromatic N) is 2. The summed E-state index contributed by atoms with van der Waals surface area (Å²) in [5.41, 5.74) is 5.34. The Morgan fingerprint density at radius 1 is 1.55 bits per heavy atom. The summed E-state index contributed by atoms with van der Waals surface area (Å²) in [5, 5.41) is 9.73. The van der Waals surface area contributed by atoms with E-state index in [2.05, 4.69) is 20.5 Å². The van der Waals surface area contributed by atoms with E-state index in [-0.39, 0.29) is 0 Å². The van der Waals surface area contributed by atoms with Crippen molar-refractivity contribution in [3.63, 3.8) is 0 Å². The van der Waals surface area contributed by atoms with Crippen molar-refractivity contribution in [2.24, 2.45) is 5.92 Å². The molecular weight excluding hydrogens is 142 g/mol. The van der Waals surface area contributed by atoms with Crippen LogP contribution in [0.15, 0.2) is 0 Å². The van der Waals surface area contributed by atoms with Crippen LogP contribution in [0.4, 0.5) is 5.95 Å². The van der Waals surface area contributed by atoms with Gasteiger partial charge in [-0.05, 0) is 19.0 Å². The molecule has 0 radical (unpaired) electrons. The fourth-order valence-corrected chi connectivity index (χ4v) is 1.17. The minimum Gasteiger partial charge on any atom is -0.367 e. The highest BCUT2D eigenvalue weighted by molar-refractivity contribution is 5.12. The van der Waals surface area contributed by atoms with Crippen LogP contribution in [0.2, 0.25) is 0 Å². The lowest BCUT2D eigenvalue weighted by Gasteiger charge is -2.25. The molecule has 1 aliphatic rings. The lowest BCUT2D eigenvalue weighted by atomic mass is 9.99. The van der Waals surface area contributed by atoms with Crippen molar-refractivity contribution in [1.29, 1.82) is 0 Å². The molecule has 0 aliphatic carbocycles. The molecule has 60 valence electrons. The SMILES string of the molecule is Nc1n[nH]c(CC2CNC2)n1. The molecule has 1 aromatic heterocycles. The topological polar surface area (TPSA) is 79.6 Å². The number of rotatable bonds is 2. The van der Waals surface area contributed by atoms with Crippen LogP contribution < -0.4 is 11.1 Å². The second kappa shape index (κ2) is 2.50. The molecule has 2 heterocycles. The molecule has 2 rings (SSSR count). The standard InChI is InChI=1S/C6H11N5/c7-6-9-5(10-11-6)1-4-2-8-3-4/h4,8H,1-3H2,(H3,7,9,10,11). The van der Waals surface area contributed by atoms with Gasteiger partial charge in [-0.3, -0.25) is 5.10 Å². The van der Waals surface area contributed by atoms with Crippen LogP contribution in [0.5, 0.6) is 0 Å². The van der Waals surface area contributed by atoms with Gasteiger partial charge in [0.15, 0.2) is 0 Å². The van der Waals surface area contributed by atoms with Gasteiger partial charge in [-0.1, -0.05) is 0 Å². The monoisotopic (exact) mass is 153 g/mol. The Kier molecular flexibility index (Phi) is 1.50. The molecule has 0 spiro atoms. The maximum absolute atomic E-state index is 5.34. The molecule has 0 bridgehead atoms. The van der Waals surface area contributed by atoms with Gasteiger partial charge in [0.05, 0.1) is 0 Å². The highest BCUT2D eigenvalue weighted by Crippen LogP contribution is 2.08. The first-order chi connectivity index (χ1) is 5.34. The lowest BCUT2D eigenvalue weighted by molar-refractivity contribution is 0.341. The molecular formula is C6H11N5. The fraction of sp³-hybridized carbons (Fsp3) is 0.667. The number of aromatic amines is 1. The highest BCUT2D eigenvalue weighted by atomic mass is 15.3.